The molecule has 3 nitrogen and oxygen atoms in total. The Balaban J connectivity index is 2.96. The molecule has 3 heteroatoms. The third kappa shape index (κ3) is 4.41. The van der Waals surface area contributed by atoms with E-state index in [1.807, 2.05) is 44.2 Å². The lowest BCUT2D eigenvalue weighted by atomic mass is 9.89. The number of hydrogen-bond donors (Lipinski definition) is 2. The first-order valence-electron chi connectivity index (χ1n) is 5.60. The normalized spacial score (nSPS) is 13.8. The molecule has 0 fully saturated rings. The summed E-state index contributed by atoms with van der Waals surface area (Å²) in [4.78, 5) is 10.8. The Kier molecular flexibility index (Phi) is 4.91. The second kappa shape index (κ2) is 6.21. The van der Waals surface area contributed by atoms with Crippen LogP contribution in [0.25, 0.3) is 0 Å². The fourth-order valence-corrected chi connectivity index (χ4v) is 1.78. The molecule has 0 radical (unpaired) electrons. The van der Waals surface area contributed by atoms with Gasteiger partial charge in [-0.15, -0.1) is 0 Å². The number of allylic oxidation sites excluding steroid dienone is 1. The molecule has 1 aromatic rings. The molecule has 0 heterocycles. The van der Waals surface area contributed by atoms with Crippen molar-refractivity contribution in [3.8, 4) is 0 Å². The molecule has 2 unspecified atom stereocenters. The molecule has 0 aliphatic carbocycles. The molecule has 1 aromatic carbocycles. The number of benzene rings is 1. The average molecular weight is 234 g/mol. The van der Waals surface area contributed by atoms with E-state index in [-0.39, 0.29) is 6.42 Å². The standard InChI is InChI=1S/C14H18O3/c1-10(2)8-13(15)12(9-14(16)17)11-6-4-3-5-7-11/h3-8,12-13,15H,9H2,1-2H3,(H,16,17). The summed E-state index contributed by atoms with van der Waals surface area (Å²) in [6.45, 7) is 3.76. The van der Waals surface area contributed by atoms with Gasteiger partial charge >= 0.3 is 5.97 Å². The molecule has 2 atom stereocenters. The van der Waals surface area contributed by atoms with Crippen LogP contribution in [0, 0.1) is 0 Å². The van der Waals surface area contributed by atoms with Crippen LogP contribution in [0.5, 0.6) is 0 Å². The zero-order valence-corrected chi connectivity index (χ0v) is 10.1. The van der Waals surface area contributed by atoms with E-state index in [4.69, 9.17) is 5.11 Å². The lowest BCUT2D eigenvalue weighted by molar-refractivity contribution is -0.138. The van der Waals surface area contributed by atoms with Gasteiger partial charge in [-0.25, -0.2) is 0 Å². The van der Waals surface area contributed by atoms with Crippen molar-refractivity contribution in [2.75, 3.05) is 0 Å². The third-order valence-corrected chi connectivity index (χ3v) is 2.54. The quantitative estimate of drug-likeness (QED) is 0.770. The van der Waals surface area contributed by atoms with Crippen LogP contribution in [-0.2, 0) is 4.79 Å². The van der Waals surface area contributed by atoms with Crippen LogP contribution < -0.4 is 0 Å². The molecular weight excluding hydrogens is 216 g/mol. The average Bonchev–Trinajstić information content (AvgIpc) is 2.25. The Bertz CT molecular complexity index is 391. The first-order valence-corrected chi connectivity index (χ1v) is 5.60. The van der Waals surface area contributed by atoms with Gasteiger partial charge in [-0.1, -0.05) is 42.0 Å². The molecule has 0 aliphatic rings. The zero-order chi connectivity index (χ0) is 12.8. The van der Waals surface area contributed by atoms with Crippen LogP contribution in [-0.4, -0.2) is 22.3 Å². The highest BCUT2D eigenvalue weighted by Crippen LogP contribution is 2.25. The van der Waals surface area contributed by atoms with E-state index in [2.05, 4.69) is 0 Å². The van der Waals surface area contributed by atoms with Crippen molar-refractivity contribution in [2.45, 2.75) is 32.3 Å². The maximum Gasteiger partial charge on any atom is 0.304 e. The van der Waals surface area contributed by atoms with E-state index < -0.39 is 18.0 Å². The molecule has 0 aromatic heterocycles. The fourth-order valence-electron chi connectivity index (χ4n) is 1.78. The van der Waals surface area contributed by atoms with Gasteiger partial charge in [-0.2, -0.15) is 0 Å². The Morgan fingerprint density at radius 2 is 1.88 bits per heavy atom. The van der Waals surface area contributed by atoms with Crippen LogP contribution in [0.1, 0.15) is 31.7 Å². The lowest BCUT2D eigenvalue weighted by Gasteiger charge is -2.19. The summed E-state index contributed by atoms with van der Waals surface area (Å²) in [6, 6.07) is 9.25. The molecule has 0 amide bonds. The highest BCUT2D eigenvalue weighted by atomic mass is 16.4. The van der Waals surface area contributed by atoms with Gasteiger partial charge in [0.05, 0.1) is 12.5 Å². The van der Waals surface area contributed by atoms with E-state index in [0.717, 1.165) is 11.1 Å². The van der Waals surface area contributed by atoms with Crippen LogP contribution >= 0.6 is 0 Å². The van der Waals surface area contributed by atoms with Crippen molar-refractivity contribution >= 4 is 5.97 Å². The maximum atomic E-state index is 10.8. The number of aliphatic carboxylic acids is 1. The smallest absolute Gasteiger partial charge is 0.304 e. The van der Waals surface area contributed by atoms with Gasteiger partial charge in [0.15, 0.2) is 0 Å². The SMILES string of the molecule is CC(C)=CC(O)C(CC(=O)O)c1ccccc1. The molecular formula is C14H18O3. The molecule has 0 spiro atoms. The number of carbonyl (C=O) groups is 1. The fraction of sp³-hybridized carbons (Fsp3) is 0.357. The number of aliphatic hydroxyl groups excluding tert-OH is 1. The molecule has 92 valence electrons. The zero-order valence-electron chi connectivity index (χ0n) is 10.1. The summed E-state index contributed by atoms with van der Waals surface area (Å²) in [6.07, 6.45) is 0.855. The molecule has 17 heavy (non-hydrogen) atoms. The van der Waals surface area contributed by atoms with Crippen LogP contribution in [0.15, 0.2) is 42.0 Å². The summed E-state index contributed by atoms with van der Waals surface area (Å²) in [5.74, 6) is -1.30. The highest BCUT2D eigenvalue weighted by Gasteiger charge is 2.22. The summed E-state index contributed by atoms with van der Waals surface area (Å²) < 4.78 is 0. The van der Waals surface area contributed by atoms with Gasteiger partial charge in [-0.3, -0.25) is 4.79 Å². The molecule has 0 bridgehead atoms. The summed E-state index contributed by atoms with van der Waals surface area (Å²) in [5, 5.41) is 18.9. The molecule has 0 aliphatic heterocycles. The predicted octanol–water partition coefficient (Wildman–Crippen LogP) is 2.57. The van der Waals surface area contributed by atoms with Crippen LogP contribution in [0.3, 0.4) is 0 Å². The number of aliphatic hydroxyl groups is 1. The molecule has 0 saturated heterocycles. The van der Waals surface area contributed by atoms with Crippen LogP contribution in [0.4, 0.5) is 0 Å². The monoisotopic (exact) mass is 234 g/mol. The highest BCUT2D eigenvalue weighted by molar-refractivity contribution is 5.68. The summed E-state index contributed by atoms with van der Waals surface area (Å²) >= 11 is 0. The van der Waals surface area contributed by atoms with Gasteiger partial charge in [0.2, 0.25) is 0 Å². The van der Waals surface area contributed by atoms with Crippen molar-refractivity contribution in [1.82, 2.24) is 0 Å². The largest absolute Gasteiger partial charge is 0.481 e. The first-order chi connectivity index (χ1) is 8.00. The van der Waals surface area contributed by atoms with Crippen molar-refractivity contribution in [3.05, 3.63) is 47.5 Å². The van der Waals surface area contributed by atoms with E-state index in [0.29, 0.717) is 0 Å². The second-order valence-electron chi connectivity index (χ2n) is 4.35. The number of rotatable bonds is 5. The Hall–Kier alpha value is -1.61. The lowest BCUT2D eigenvalue weighted by Crippen LogP contribution is -2.19. The maximum absolute atomic E-state index is 10.8. The summed E-state index contributed by atoms with van der Waals surface area (Å²) in [7, 11) is 0. The summed E-state index contributed by atoms with van der Waals surface area (Å²) in [5.41, 5.74) is 1.82. The van der Waals surface area contributed by atoms with Crippen molar-refractivity contribution in [3.63, 3.8) is 0 Å². The Morgan fingerprint density at radius 3 is 2.35 bits per heavy atom. The topological polar surface area (TPSA) is 57.5 Å². The van der Waals surface area contributed by atoms with Gasteiger partial charge in [0.25, 0.3) is 0 Å². The van der Waals surface area contributed by atoms with Gasteiger partial charge < -0.3 is 10.2 Å². The molecule has 2 N–H and O–H groups in total. The van der Waals surface area contributed by atoms with E-state index >= 15 is 0 Å². The second-order valence-corrected chi connectivity index (χ2v) is 4.35. The van der Waals surface area contributed by atoms with Crippen molar-refractivity contribution in [1.29, 1.82) is 0 Å². The number of carboxylic acids is 1. The van der Waals surface area contributed by atoms with E-state index in [1.54, 1.807) is 6.08 Å². The molecule has 0 saturated carbocycles. The number of carboxylic acid groups (broad SMARTS) is 1. The molecule has 1 rings (SSSR count). The number of hydrogen-bond acceptors (Lipinski definition) is 2. The first kappa shape index (κ1) is 13.5. The predicted molar refractivity (Wildman–Crippen MR) is 66.9 cm³/mol. The van der Waals surface area contributed by atoms with Gasteiger partial charge in [-0.05, 0) is 19.4 Å². The van der Waals surface area contributed by atoms with Gasteiger partial charge in [0.1, 0.15) is 0 Å². The Labute approximate surface area is 101 Å². The minimum absolute atomic E-state index is 0.0744. The van der Waals surface area contributed by atoms with Crippen molar-refractivity contribution in [2.24, 2.45) is 0 Å². The van der Waals surface area contributed by atoms with Crippen molar-refractivity contribution < 1.29 is 15.0 Å². The van der Waals surface area contributed by atoms with Gasteiger partial charge in [0, 0.05) is 5.92 Å². The minimum Gasteiger partial charge on any atom is -0.481 e. The minimum atomic E-state index is -0.903. The Morgan fingerprint density at radius 1 is 1.29 bits per heavy atom. The third-order valence-electron chi connectivity index (χ3n) is 2.54. The van der Waals surface area contributed by atoms with E-state index in [1.165, 1.54) is 0 Å². The van der Waals surface area contributed by atoms with E-state index in [9.17, 15) is 9.90 Å². The van der Waals surface area contributed by atoms with Crippen LogP contribution in [0.2, 0.25) is 0 Å².